The molecule has 0 bridgehead atoms. The molecule has 1 aliphatic heterocycles. The summed E-state index contributed by atoms with van der Waals surface area (Å²) in [6.07, 6.45) is 1.49. The standard InChI is InChI=1S/C14H15N3O4/c1-21-16-11(18)7-9-6-5-8-3-2-4-10-12(8)17(9)14(20)13(19)15-10/h2-4,9H,5-7H2,1H3,(H,15,19)(H,16,18). The van der Waals surface area contributed by atoms with Crippen molar-refractivity contribution in [2.24, 2.45) is 0 Å². The van der Waals surface area contributed by atoms with Gasteiger partial charge in [-0.3, -0.25) is 23.8 Å². The van der Waals surface area contributed by atoms with Crippen LogP contribution >= 0.6 is 0 Å². The second-order valence-electron chi connectivity index (χ2n) is 5.07. The maximum Gasteiger partial charge on any atom is 0.317 e. The quantitative estimate of drug-likeness (QED) is 0.625. The van der Waals surface area contributed by atoms with Gasteiger partial charge >= 0.3 is 11.1 Å². The highest BCUT2D eigenvalue weighted by Gasteiger charge is 2.25. The van der Waals surface area contributed by atoms with Crippen LogP contribution < -0.4 is 16.6 Å². The van der Waals surface area contributed by atoms with Gasteiger partial charge < -0.3 is 4.98 Å². The molecule has 1 amide bonds. The van der Waals surface area contributed by atoms with Crippen molar-refractivity contribution in [3.8, 4) is 0 Å². The van der Waals surface area contributed by atoms with E-state index in [4.69, 9.17) is 0 Å². The number of para-hydroxylation sites is 1. The fourth-order valence-corrected chi connectivity index (χ4v) is 2.93. The van der Waals surface area contributed by atoms with Gasteiger partial charge in [0.1, 0.15) is 0 Å². The van der Waals surface area contributed by atoms with Gasteiger partial charge in [0.05, 0.1) is 18.1 Å². The fourth-order valence-electron chi connectivity index (χ4n) is 2.93. The van der Waals surface area contributed by atoms with Crippen LogP contribution in [-0.4, -0.2) is 22.6 Å². The van der Waals surface area contributed by atoms with Gasteiger partial charge in [0.2, 0.25) is 5.91 Å². The SMILES string of the molecule is CONC(=O)CC1CCc2cccc3[nH]c(=O)c(=O)n1c23. The summed E-state index contributed by atoms with van der Waals surface area (Å²) in [6, 6.07) is 5.20. The van der Waals surface area contributed by atoms with Crippen LogP contribution in [0.3, 0.4) is 0 Å². The summed E-state index contributed by atoms with van der Waals surface area (Å²) in [5.74, 6) is -0.317. The third kappa shape index (κ3) is 2.25. The molecule has 0 saturated carbocycles. The van der Waals surface area contributed by atoms with Crippen LogP contribution in [0.2, 0.25) is 0 Å². The van der Waals surface area contributed by atoms with Crippen molar-refractivity contribution in [3.63, 3.8) is 0 Å². The highest BCUT2D eigenvalue weighted by Crippen LogP contribution is 2.29. The molecule has 1 aliphatic rings. The monoisotopic (exact) mass is 289 g/mol. The number of carbonyl (C=O) groups is 1. The zero-order valence-corrected chi connectivity index (χ0v) is 11.5. The van der Waals surface area contributed by atoms with Crippen LogP contribution in [0.4, 0.5) is 0 Å². The molecule has 7 heteroatoms. The molecule has 1 unspecified atom stereocenters. The molecule has 0 spiro atoms. The van der Waals surface area contributed by atoms with E-state index in [0.717, 1.165) is 12.0 Å². The van der Waals surface area contributed by atoms with Crippen LogP contribution in [0.5, 0.6) is 0 Å². The third-order valence-corrected chi connectivity index (χ3v) is 3.77. The molecule has 0 aliphatic carbocycles. The molecule has 0 saturated heterocycles. The minimum atomic E-state index is -0.668. The van der Waals surface area contributed by atoms with Crippen molar-refractivity contribution >= 4 is 16.9 Å². The number of amides is 1. The Labute approximate surface area is 119 Å². The molecule has 0 fully saturated rings. The van der Waals surface area contributed by atoms with Gasteiger partial charge in [-0.2, -0.15) is 0 Å². The van der Waals surface area contributed by atoms with E-state index in [2.05, 4.69) is 15.3 Å². The third-order valence-electron chi connectivity index (χ3n) is 3.77. The smallest absolute Gasteiger partial charge is 0.316 e. The first kappa shape index (κ1) is 13.6. The number of carbonyl (C=O) groups excluding carboxylic acids is 1. The Morgan fingerprint density at radius 1 is 1.48 bits per heavy atom. The molecule has 2 N–H and O–H groups in total. The number of aromatic amines is 1. The number of hydroxylamine groups is 1. The highest BCUT2D eigenvalue weighted by molar-refractivity contribution is 5.80. The largest absolute Gasteiger partial charge is 0.317 e. The van der Waals surface area contributed by atoms with Crippen molar-refractivity contribution in [2.75, 3.05) is 7.11 Å². The summed E-state index contributed by atoms with van der Waals surface area (Å²) in [4.78, 5) is 42.9. The Morgan fingerprint density at radius 2 is 2.29 bits per heavy atom. The van der Waals surface area contributed by atoms with Gasteiger partial charge in [-0.1, -0.05) is 12.1 Å². The number of aromatic nitrogens is 2. The van der Waals surface area contributed by atoms with Crippen LogP contribution in [-0.2, 0) is 16.1 Å². The van der Waals surface area contributed by atoms with Gasteiger partial charge in [0.15, 0.2) is 0 Å². The molecular weight excluding hydrogens is 274 g/mol. The Kier molecular flexibility index (Phi) is 3.34. The summed E-state index contributed by atoms with van der Waals surface area (Å²) in [5, 5.41) is 0. The zero-order valence-electron chi connectivity index (χ0n) is 11.5. The Bertz CT molecular complexity index is 821. The van der Waals surface area contributed by atoms with Crippen LogP contribution in [0, 0.1) is 0 Å². The van der Waals surface area contributed by atoms with Crippen molar-refractivity contribution < 1.29 is 9.63 Å². The first-order valence-corrected chi connectivity index (χ1v) is 6.70. The first-order valence-electron chi connectivity index (χ1n) is 6.70. The lowest BCUT2D eigenvalue weighted by Crippen LogP contribution is -2.41. The summed E-state index contributed by atoms with van der Waals surface area (Å²) in [6.45, 7) is 0. The van der Waals surface area contributed by atoms with Crippen molar-refractivity contribution in [2.45, 2.75) is 25.3 Å². The summed E-state index contributed by atoms with van der Waals surface area (Å²) >= 11 is 0. The topological polar surface area (TPSA) is 93.2 Å². The lowest BCUT2D eigenvalue weighted by atomic mass is 9.96. The van der Waals surface area contributed by atoms with Crippen LogP contribution in [0.15, 0.2) is 27.8 Å². The normalized spacial score (nSPS) is 16.9. The first-order chi connectivity index (χ1) is 10.1. The second kappa shape index (κ2) is 5.17. The molecule has 3 rings (SSSR count). The molecule has 7 nitrogen and oxygen atoms in total. The highest BCUT2D eigenvalue weighted by atomic mass is 16.6. The predicted molar refractivity (Wildman–Crippen MR) is 76.0 cm³/mol. The van der Waals surface area contributed by atoms with Gasteiger partial charge in [-0.05, 0) is 24.5 Å². The molecule has 2 aromatic rings. The van der Waals surface area contributed by atoms with Crippen LogP contribution in [0.25, 0.3) is 11.0 Å². The summed E-state index contributed by atoms with van der Waals surface area (Å²) in [7, 11) is 1.35. The number of H-pyrrole nitrogens is 1. The molecule has 0 radical (unpaired) electrons. The Morgan fingerprint density at radius 3 is 3.05 bits per heavy atom. The van der Waals surface area contributed by atoms with Crippen LogP contribution in [0.1, 0.15) is 24.4 Å². The fraction of sp³-hybridized carbons (Fsp3) is 0.357. The molecular formula is C14H15N3O4. The lowest BCUT2D eigenvalue weighted by molar-refractivity contribution is -0.132. The molecule has 21 heavy (non-hydrogen) atoms. The van der Waals surface area contributed by atoms with E-state index in [-0.39, 0.29) is 18.4 Å². The Hall–Kier alpha value is -2.41. The Balaban J connectivity index is 2.17. The second-order valence-corrected chi connectivity index (χ2v) is 5.07. The average molecular weight is 289 g/mol. The number of hydrogen-bond acceptors (Lipinski definition) is 4. The number of nitrogens with one attached hydrogen (secondary N) is 2. The van der Waals surface area contributed by atoms with E-state index >= 15 is 0 Å². The molecule has 2 heterocycles. The van der Waals surface area contributed by atoms with E-state index < -0.39 is 11.1 Å². The number of benzene rings is 1. The minimum absolute atomic E-state index is 0.0979. The van der Waals surface area contributed by atoms with Crippen molar-refractivity contribution in [1.82, 2.24) is 15.0 Å². The zero-order chi connectivity index (χ0) is 15.0. The van der Waals surface area contributed by atoms with Crippen molar-refractivity contribution in [3.05, 3.63) is 44.5 Å². The number of aryl methyl sites for hydroxylation is 1. The van der Waals surface area contributed by atoms with E-state index in [1.807, 2.05) is 12.1 Å². The van der Waals surface area contributed by atoms with E-state index in [0.29, 0.717) is 17.5 Å². The number of nitrogens with zero attached hydrogens (tertiary/aromatic N) is 1. The number of rotatable bonds is 3. The maximum atomic E-state index is 12.2. The number of hydrogen-bond donors (Lipinski definition) is 2. The average Bonchev–Trinajstić information content (AvgIpc) is 2.46. The van der Waals surface area contributed by atoms with Crippen molar-refractivity contribution in [1.29, 1.82) is 0 Å². The molecule has 110 valence electrons. The van der Waals surface area contributed by atoms with Gasteiger partial charge in [0, 0.05) is 12.5 Å². The maximum absolute atomic E-state index is 12.2. The van der Waals surface area contributed by atoms with E-state index in [9.17, 15) is 14.4 Å². The molecule has 1 aromatic heterocycles. The van der Waals surface area contributed by atoms with E-state index in [1.165, 1.54) is 11.7 Å². The van der Waals surface area contributed by atoms with E-state index in [1.54, 1.807) is 6.07 Å². The molecule has 1 atom stereocenters. The molecule has 1 aromatic carbocycles. The predicted octanol–water partition coefficient (Wildman–Crippen LogP) is 0.245. The lowest BCUT2D eigenvalue weighted by Gasteiger charge is -2.26. The minimum Gasteiger partial charge on any atom is -0.316 e. The van der Waals surface area contributed by atoms with Gasteiger partial charge in [-0.15, -0.1) is 0 Å². The summed E-state index contributed by atoms with van der Waals surface area (Å²) < 4.78 is 1.45. The van der Waals surface area contributed by atoms with Gasteiger partial charge in [-0.25, -0.2) is 5.48 Å². The van der Waals surface area contributed by atoms with Gasteiger partial charge in [0.25, 0.3) is 0 Å². The summed E-state index contributed by atoms with van der Waals surface area (Å²) in [5.41, 5.74) is 3.29.